The van der Waals surface area contributed by atoms with Crippen LogP contribution in [0.3, 0.4) is 0 Å². The Labute approximate surface area is 487 Å². The van der Waals surface area contributed by atoms with Crippen LogP contribution < -0.4 is 25.2 Å². The number of fused-ring (bicyclic) bond motifs is 2. The van der Waals surface area contributed by atoms with Gasteiger partial charge in [-0.25, -0.2) is 14.8 Å². The summed E-state index contributed by atoms with van der Waals surface area (Å²) in [5.41, 5.74) is 6.90. The number of aliphatic hydroxyl groups excluding tert-OH is 1. The largest absolute Gasteiger partial charge is 0.462 e. The van der Waals surface area contributed by atoms with Crippen molar-refractivity contribution < 1.29 is 33.8 Å². The second kappa shape index (κ2) is 24.6. The summed E-state index contributed by atoms with van der Waals surface area (Å²) in [4.78, 5) is 84.5. The van der Waals surface area contributed by atoms with Gasteiger partial charge in [0.2, 0.25) is 17.7 Å². The van der Waals surface area contributed by atoms with Gasteiger partial charge >= 0.3 is 12.0 Å². The maximum Gasteiger partial charge on any atom is 0.346 e. The van der Waals surface area contributed by atoms with E-state index in [1.807, 2.05) is 74.5 Å². The fourth-order valence-electron chi connectivity index (χ4n) is 12.6. The summed E-state index contributed by atoms with van der Waals surface area (Å²) in [5.74, 6) is -0.711. The lowest BCUT2D eigenvalue weighted by atomic mass is 9.77. The lowest BCUT2D eigenvalue weighted by molar-refractivity contribution is -0.145. The zero-order valence-electron chi connectivity index (χ0n) is 47.3. The number of likely N-dealkylation sites (tertiary alicyclic amines) is 3. The van der Waals surface area contributed by atoms with Crippen molar-refractivity contribution in [2.45, 2.75) is 122 Å². The molecule has 1 spiro atoms. The van der Waals surface area contributed by atoms with E-state index in [2.05, 4.69) is 64.7 Å². The predicted octanol–water partition coefficient (Wildman–Crippen LogP) is 7.24. The number of carbonyl (C=O) groups excluding carboxylic acids is 4. The second-order valence-electron chi connectivity index (χ2n) is 23.6. The van der Waals surface area contributed by atoms with Gasteiger partial charge in [-0.15, -0.1) is 11.3 Å². The molecule has 3 aromatic heterocycles. The lowest BCUT2D eigenvalue weighted by Gasteiger charge is -2.56. The van der Waals surface area contributed by atoms with E-state index in [9.17, 15) is 24.3 Å². The van der Waals surface area contributed by atoms with Crippen LogP contribution in [0, 0.1) is 18.3 Å². The molecule has 0 aliphatic carbocycles. The summed E-state index contributed by atoms with van der Waals surface area (Å²) < 4.78 is 13.9. The standard InChI is InChI=1S/C60H74ClN13O7S/c1-39-52(82-38-64-39)42-17-15-40(16-18-42)31-63-55(77)43-30-50(76)72(32-43)56(78)53(59(2,3)4)67-49(75)20-29-80-28-9-25-69-23-7-12-44(69)34-81-57-66-47-33-70(48-14-6-11-41-10-5-13-46(61)51(41)48)26-19-45(47)54(68-57)71-24-8-21-60(35-71)22-27-73(60)58(79)74-37-62-36-65-74/h5-6,10-11,13-18,36-38,43-44,50,53,76H,7-9,12,19-35H2,1-4H3,(H,63,77)(H,67,75)/t43-,44+,50-,53-,60-/m1/s1. The van der Waals surface area contributed by atoms with Crippen molar-refractivity contribution >= 4 is 69.0 Å². The van der Waals surface area contributed by atoms with Gasteiger partial charge in [-0.3, -0.25) is 19.3 Å². The first kappa shape index (κ1) is 57.1. The summed E-state index contributed by atoms with van der Waals surface area (Å²) >= 11 is 8.44. The average Bonchev–Trinajstić information content (AvgIpc) is 2.58. The molecule has 3 aromatic carbocycles. The fourth-order valence-corrected chi connectivity index (χ4v) is 13.7. The molecule has 5 atom stereocenters. The van der Waals surface area contributed by atoms with Crippen molar-refractivity contribution in [1.29, 1.82) is 0 Å². The number of hydrogen-bond acceptors (Lipinski definition) is 16. The van der Waals surface area contributed by atoms with Crippen LogP contribution in [-0.4, -0.2) is 163 Å². The van der Waals surface area contributed by atoms with Crippen LogP contribution in [0.15, 0.2) is 78.8 Å². The molecule has 11 rings (SSSR count). The van der Waals surface area contributed by atoms with E-state index in [-0.39, 0.29) is 55.4 Å². The Morgan fingerprint density at radius 1 is 0.963 bits per heavy atom. The molecular weight excluding hydrogens is 1080 g/mol. The predicted molar refractivity (Wildman–Crippen MR) is 314 cm³/mol. The number of rotatable bonds is 18. The molecule has 5 aliphatic rings. The van der Waals surface area contributed by atoms with Gasteiger partial charge in [0.25, 0.3) is 0 Å². The van der Waals surface area contributed by atoms with Gasteiger partial charge < -0.3 is 44.8 Å². The number of aliphatic hydroxyl groups is 1. The molecule has 20 nitrogen and oxygen atoms in total. The number of ether oxygens (including phenoxy) is 2. The van der Waals surface area contributed by atoms with E-state index in [0.717, 1.165) is 126 Å². The van der Waals surface area contributed by atoms with Crippen LogP contribution in [0.5, 0.6) is 6.01 Å². The van der Waals surface area contributed by atoms with E-state index in [1.165, 1.54) is 22.2 Å². The van der Waals surface area contributed by atoms with Gasteiger partial charge in [-0.05, 0) is 92.5 Å². The normalized spacial score (nSPS) is 21.4. The summed E-state index contributed by atoms with van der Waals surface area (Å²) in [6, 6.07) is 19.7. The number of carbonyl (C=O) groups is 4. The van der Waals surface area contributed by atoms with E-state index >= 15 is 0 Å². The highest BCUT2D eigenvalue weighted by Gasteiger charge is 2.51. The number of nitrogens with zero attached hydrogens (tertiary/aromatic N) is 11. The van der Waals surface area contributed by atoms with Gasteiger partial charge in [0, 0.05) is 87.9 Å². The van der Waals surface area contributed by atoms with E-state index in [1.54, 1.807) is 11.3 Å². The topological polar surface area (TPSA) is 217 Å². The van der Waals surface area contributed by atoms with Crippen molar-refractivity contribution in [2.24, 2.45) is 11.3 Å². The molecule has 0 unspecified atom stereocenters. The number of aromatic nitrogens is 6. The molecule has 4 fully saturated rings. The summed E-state index contributed by atoms with van der Waals surface area (Å²) in [5, 5.41) is 23.9. The number of amides is 4. The van der Waals surface area contributed by atoms with E-state index in [0.29, 0.717) is 50.4 Å². The Hall–Kier alpha value is -6.78. The lowest BCUT2D eigenvalue weighted by Crippen LogP contribution is -2.69. The van der Waals surface area contributed by atoms with Crippen LogP contribution in [0.1, 0.15) is 94.7 Å². The molecule has 0 saturated carbocycles. The van der Waals surface area contributed by atoms with Crippen LogP contribution in [-0.2, 0) is 38.6 Å². The Balaban J connectivity index is 0.666. The number of benzene rings is 3. The maximum absolute atomic E-state index is 14.0. The zero-order valence-corrected chi connectivity index (χ0v) is 48.8. The SMILES string of the molecule is Cc1ncsc1-c1ccc(CNC(=O)[C@@H]2C[C@@H](O)N(C(=O)[C@@H](NC(=O)CCOCCCN3CCC[C@H]3COc3nc4c(c(N5CCC[C@@]6(CCN6C(=O)n6cncn6)C5)n3)CCN(c3cccc5cccc(Cl)c35)C4)C(C)(C)C)C2)cc1. The number of anilines is 2. The Morgan fingerprint density at radius 2 is 1.79 bits per heavy atom. The Kier molecular flexibility index (Phi) is 17.1. The number of piperidine rings is 1. The van der Waals surface area contributed by atoms with Crippen molar-refractivity contribution in [1.82, 2.24) is 55.0 Å². The first-order chi connectivity index (χ1) is 39.6. The minimum Gasteiger partial charge on any atom is -0.462 e. The molecule has 4 saturated heterocycles. The first-order valence-electron chi connectivity index (χ1n) is 28.9. The van der Waals surface area contributed by atoms with Crippen LogP contribution in [0.2, 0.25) is 5.02 Å². The van der Waals surface area contributed by atoms with Crippen LogP contribution in [0.25, 0.3) is 21.2 Å². The molecule has 8 heterocycles. The number of nitrogens with one attached hydrogen (secondary N) is 2. The number of aryl methyl sites for hydroxylation is 1. The van der Waals surface area contributed by atoms with Crippen molar-refractivity contribution in [3.05, 3.63) is 106 Å². The van der Waals surface area contributed by atoms with Crippen LogP contribution in [0.4, 0.5) is 16.3 Å². The third-order valence-electron chi connectivity index (χ3n) is 17.2. The Morgan fingerprint density at radius 3 is 2.55 bits per heavy atom. The third-order valence-corrected chi connectivity index (χ3v) is 18.4. The van der Waals surface area contributed by atoms with Gasteiger partial charge in [0.15, 0.2) is 0 Å². The smallest absolute Gasteiger partial charge is 0.346 e. The van der Waals surface area contributed by atoms with E-state index < -0.39 is 29.5 Å². The van der Waals surface area contributed by atoms with Crippen LogP contribution >= 0.6 is 22.9 Å². The average molecular weight is 1160 g/mol. The van der Waals surface area contributed by atoms with Gasteiger partial charge in [0.1, 0.15) is 37.3 Å². The summed E-state index contributed by atoms with van der Waals surface area (Å²) in [7, 11) is 0. The molecular formula is C60H74ClN13O7S. The molecule has 0 radical (unpaired) electrons. The summed E-state index contributed by atoms with van der Waals surface area (Å²) in [6.07, 6.45) is 8.07. The number of thiazole rings is 1. The molecule has 5 aliphatic heterocycles. The van der Waals surface area contributed by atoms with Crippen molar-refractivity contribution in [3.63, 3.8) is 0 Å². The van der Waals surface area contributed by atoms with E-state index in [4.69, 9.17) is 31.0 Å². The minimum atomic E-state index is -1.15. The molecule has 434 valence electrons. The monoisotopic (exact) mass is 1160 g/mol. The quantitative estimate of drug-likeness (QED) is 0.0724. The first-order valence-corrected chi connectivity index (χ1v) is 30.1. The van der Waals surface area contributed by atoms with Crippen molar-refractivity contribution in [2.75, 3.05) is 75.4 Å². The van der Waals surface area contributed by atoms with Gasteiger partial charge in [-0.1, -0.05) is 80.9 Å². The Bertz CT molecular complexity index is 3260. The van der Waals surface area contributed by atoms with Gasteiger partial charge in [-0.2, -0.15) is 19.7 Å². The molecule has 6 aromatic rings. The molecule has 0 bridgehead atoms. The number of hydrogen-bond donors (Lipinski definition) is 3. The molecule has 22 heteroatoms. The highest BCUT2D eigenvalue weighted by atomic mass is 35.5. The minimum absolute atomic E-state index is 0.0483. The summed E-state index contributed by atoms with van der Waals surface area (Å²) in [6.45, 7) is 14.2. The molecule has 4 amide bonds. The number of halogens is 1. The highest BCUT2D eigenvalue weighted by Crippen LogP contribution is 2.43. The second-order valence-corrected chi connectivity index (χ2v) is 24.9. The fraction of sp³-hybridized carbons (Fsp3) is 0.517. The van der Waals surface area contributed by atoms with Crippen molar-refractivity contribution in [3.8, 4) is 16.5 Å². The zero-order chi connectivity index (χ0) is 57.1. The third kappa shape index (κ3) is 12.3. The molecule has 3 N–H and O–H groups in total. The maximum atomic E-state index is 14.0. The molecule has 82 heavy (non-hydrogen) atoms. The van der Waals surface area contributed by atoms with Gasteiger partial charge in [0.05, 0.1) is 51.4 Å². The highest BCUT2D eigenvalue weighted by molar-refractivity contribution is 7.13.